The third kappa shape index (κ3) is 4.59. The van der Waals surface area contributed by atoms with E-state index in [2.05, 4.69) is 22.0 Å². The lowest BCUT2D eigenvalue weighted by molar-refractivity contribution is -0.137. The van der Waals surface area contributed by atoms with E-state index in [1.165, 1.54) is 19.1 Å². The van der Waals surface area contributed by atoms with Crippen molar-refractivity contribution in [1.29, 1.82) is 5.26 Å². The fraction of sp³-hybridized carbons (Fsp3) is 0.333. The molecule has 1 aliphatic heterocycles. The molecule has 0 saturated carbocycles. The Balaban J connectivity index is 2.03. The van der Waals surface area contributed by atoms with E-state index in [4.69, 9.17) is 4.74 Å². The summed E-state index contributed by atoms with van der Waals surface area (Å²) < 4.78 is 44.8. The Morgan fingerprint density at radius 2 is 2.10 bits per heavy atom. The van der Waals surface area contributed by atoms with Crippen LogP contribution in [0.5, 0.6) is 5.75 Å². The Hall–Kier alpha value is -3.41. The van der Waals surface area contributed by atoms with Crippen molar-refractivity contribution in [1.82, 2.24) is 0 Å². The zero-order valence-corrected chi connectivity index (χ0v) is 16.4. The van der Waals surface area contributed by atoms with Crippen LogP contribution >= 0.6 is 0 Å². The molecule has 0 bridgehead atoms. The number of nitrogens with zero attached hydrogens (tertiary/aromatic N) is 1. The van der Waals surface area contributed by atoms with Gasteiger partial charge in [0.25, 0.3) is 0 Å². The number of nitriles is 1. The summed E-state index contributed by atoms with van der Waals surface area (Å²) >= 11 is 0. The van der Waals surface area contributed by atoms with Gasteiger partial charge in [0.1, 0.15) is 5.75 Å². The summed E-state index contributed by atoms with van der Waals surface area (Å²) in [5.74, 6) is -0.374. The van der Waals surface area contributed by atoms with Crippen molar-refractivity contribution < 1.29 is 22.7 Å². The van der Waals surface area contributed by atoms with Crippen LogP contribution in [0.4, 0.5) is 30.2 Å². The van der Waals surface area contributed by atoms with Crippen LogP contribution in [0.25, 0.3) is 0 Å². The fourth-order valence-corrected chi connectivity index (χ4v) is 3.39. The van der Waals surface area contributed by atoms with Crippen molar-refractivity contribution in [3.8, 4) is 11.8 Å². The molecule has 2 atom stereocenters. The number of benzene rings is 2. The summed E-state index contributed by atoms with van der Waals surface area (Å²) in [6, 6.07) is 9.86. The first-order valence-electron chi connectivity index (χ1n) is 9.38. The molecule has 30 heavy (non-hydrogen) atoms. The Labute approximate surface area is 172 Å². The lowest BCUT2D eigenvalue weighted by Gasteiger charge is -2.33. The SMILES string of the molecule is CCOc1cc2c(cc1NC(C)=O)C(Nc1cccc(C(F)(F)F)c1)C(C#N)CN2. The summed E-state index contributed by atoms with van der Waals surface area (Å²) in [7, 11) is 0. The third-order valence-electron chi connectivity index (χ3n) is 4.69. The van der Waals surface area contributed by atoms with Crippen molar-refractivity contribution in [2.24, 2.45) is 5.92 Å². The Bertz CT molecular complexity index is 985. The predicted octanol–water partition coefficient (Wildman–Crippen LogP) is 4.78. The van der Waals surface area contributed by atoms with E-state index in [0.29, 0.717) is 35.8 Å². The van der Waals surface area contributed by atoms with Gasteiger partial charge in [-0.1, -0.05) is 6.07 Å². The molecule has 6 nitrogen and oxygen atoms in total. The van der Waals surface area contributed by atoms with Crippen LogP contribution in [0.15, 0.2) is 36.4 Å². The fourth-order valence-electron chi connectivity index (χ4n) is 3.39. The van der Waals surface area contributed by atoms with Gasteiger partial charge in [0.05, 0.1) is 35.9 Å². The van der Waals surface area contributed by atoms with E-state index in [1.807, 2.05) is 6.92 Å². The molecule has 158 valence electrons. The molecule has 2 unspecified atom stereocenters. The van der Waals surface area contributed by atoms with Gasteiger partial charge in [0.2, 0.25) is 5.91 Å². The van der Waals surface area contributed by atoms with Gasteiger partial charge in [-0.05, 0) is 31.2 Å². The summed E-state index contributed by atoms with van der Waals surface area (Å²) in [5, 5.41) is 18.5. The molecule has 1 amide bonds. The van der Waals surface area contributed by atoms with Gasteiger partial charge in [-0.3, -0.25) is 4.79 Å². The van der Waals surface area contributed by atoms with Crippen LogP contribution in [0.1, 0.15) is 31.0 Å². The van der Waals surface area contributed by atoms with Gasteiger partial charge in [-0.25, -0.2) is 0 Å². The summed E-state index contributed by atoms with van der Waals surface area (Å²) in [5.41, 5.74) is 1.24. The van der Waals surface area contributed by atoms with Crippen LogP contribution < -0.4 is 20.7 Å². The van der Waals surface area contributed by atoms with Gasteiger partial charge in [0, 0.05) is 36.5 Å². The minimum Gasteiger partial charge on any atom is -0.492 e. The van der Waals surface area contributed by atoms with E-state index in [9.17, 15) is 23.2 Å². The number of carbonyl (C=O) groups excluding carboxylic acids is 1. The zero-order valence-electron chi connectivity index (χ0n) is 16.4. The molecule has 0 fully saturated rings. The second-order valence-electron chi connectivity index (χ2n) is 6.87. The van der Waals surface area contributed by atoms with E-state index in [0.717, 1.165) is 12.1 Å². The number of alkyl halides is 3. The molecule has 9 heteroatoms. The number of ether oxygens (including phenoxy) is 1. The number of anilines is 3. The van der Waals surface area contributed by atoms with Gasteiger partial charge in [-0.15, -0.1) is 0 Å². The number of halogens is 3. The monoisotopic (exact) mass is 418 g/mol. The van der Waals surface area contributed by atoms with Crippen molar-refractivity contribution in [2.75, 3.05) is 29.1 Å². The molecule has 0 spiro atoms. The number of amides is 1. The number of nitrogens with one attached hydrogen (secondary N) is 3. The first-order chi connectivity index (χ1) is 14.2. The number of rotatable bonds is 5. The number of hydrogen-bond donors (Lipinski definition) is 3. The molecular weight excluding hydrogens is 397 g/mol. The van der Waals surface area contributed by atoms with Gasteiger partial charge in [0.15, 0.2) is 0 Å². The molecule has 0 radical (unpaired) electrons. The summed E-state index contributed by atoms with van der Waals surface area (Å²) in [6.07, 6.45) is -4.47. The first-order valence-corrected chi connectivity index (χ1v) is 9.38. The standard InChI is InChI=1S/C21H21F3N4O2/c1-3-30-19-9-17-16(8-18(19)27-12(2)29)20(13(10-25)11-26-17)28-15-6-4-5-14(7-15)21(22,23)24/h4-9,13,20,26,28H,3,11H2,1-2H3,(H,27,29). The highest BCUT2D eigenvalue weighted by Gasteiger charge is 2.33. The molecule has 0 saturated heterocycles. The molecule has 2 aromatic rings. The highest BCUT2D eigenvalue weighted by Crippen LogP contribution is 2.42. The largest absolute Gasteiger partial charge is 0.492 e. The van der Waals surface area contributed by atoms with Crippen LogP contribution in [-0.2, 0) is 11.0 Å². The maximum absolute atomic E-state index is 13.1. The molecule has 0 aliphatic carbocycles. The van der Waals surface area contributed by atoms with Crippen molar-refractivity contribution in [3.63, 3.8) is 0 Å². The number of hydrogen-bond acceptors (Lipinski definition) is 5. The smallest absolute Gasteiger partial charge is 0.416 e. The Morgan fingerprint density at radius 1 is 1.33 bits per heavy atom. The number of carbonyl (C=O) groups is 1. The van der Waals surface area contributed by atoms with Gasteiger partial charge < -0.3 is 20.7 Å². The second kappa shape index (κ2) is 8.53. The molecule has 1 aliphatic rings. The molecular formula is C21H21F3N4O2. The van der Waals surface area contributed by atoms with E-state index >= 15 is 0 Å². The van der Waals surface area contributed by atoms with E-state index < -0.39 is 23.7 Å². The molecule has 2 aromatic carbocycles. The van der Waals surface area contributed by atoms with Gasteiger partial charge in [-0.2, -0.15) is 18.4 Å². The zero-order chi connectivity index (χ0) is 21.9. The quantitative estimate of drug-likeness (QED) is 0.651. The van der Waals surface area contributed by atoms with Crippen LogP contribution in [-0.4, -0.2) is 19.1 Å². The summed E-state index contributed by atoms with van der Waals surface area (Å²) in [6.45, 7) is 3.88. The minimum atomic E-state index is -4.47. The van der Waals surface area contributed by atoms with Crippen LogP contribution in [0.3, 0.4) is 0 Å². The highest BCUT2D eigenvalue weighted by molar-refractivity contribution is 5.91. The van der Waals surface area contributed by atoms with E-state index in [1.54, 1.807) is 12.1 Å². The Kier molecular flexibility index (Phi) is 6.06. The van der Waals surface area contributed by atoms with Crippen molar-refractivity contribution in [2.45, 2.75) is 26.1 Å². The van der Waals surface area contributed by atoms with Crippen molar-refractivity contribution in [3.05, 3.63) is 47.5 Å². The third-order valence-corrected chi connectivity index (χ3v) is 4.69. The van der Waals surface area contributed by atoms with Crippen molar-refractivity contribution >= 4 is 23.0 Å². The molecule has 1 heterocycles. The minimum absolute atomic E-state index is 0.248. The molecule has 0 aromatic heterocycles. The number of fused-ring (bicyclic) bond motifs is 1. The molecule has 3 rings (SSSR count). The average Bonchev–Trinajstić information content (AvgIpc) is 2.68. The topological polar surface area (TPSA) is 86.2 Å². The maximum atomic E-state index is 13.1. The summed E-state index contributed by atoms with van der Waals surface area (Å²) in [4.78, 5) is 11.6. The second-order valence-corrected chi connectivity index (χ2v) is 6.87. The highest BCUT2D eigenvalue weighted by atomic mass is 19.4. The first kappa shape index (κ1) is 21.3. The molecule has 3 N–H and O–H groups in total. The maximum Gasteiger partial charge on any atom is 0.416 e. The van der Waals surface area contributed by atoms with E-state index in [-0.39, 0.29) is 11.6 Å². The predicted molar refractivity (Wildman–Crippen MR) is 107 cm³/mol. The Morgan fingerprint density at radius 3 is 2.73 bits per heavy atom. The lowest BCUT2D eigenvalue weighted by atomic mass is 9.88. The van der Waals surface area contributed by atoms with Gasteiger partial charge >= 0.3 is 6.18 Å². The van der Waals surface area contributed by atoms with Crippen LogP contribution in [0.2, 0.25) is 0 Å². The lowest BCUT2D eigenvalue weighted by Crippen LogP contribution is -2.31. The van der Waals surface area contributed by atoms with Crippen LogP contribution in [0, 0.1) is 17.2 Å². The normalized spacial score (nSPS) is 17.9. The average molecular weight is 418 g/mol.